The molecule has 120 valence electrons. The molecule has 0 unspecified atom stereocenters. The second kappa shape index (κ2) is 9.09. The molecule has 0 bridgehead atoms. The summed E-state index contributed by atoms with van der Waals surface area (Å²) in [4.78, 5) is 37.3. The lowest BCUT2D eigenvalue weighted by Gasteiger charge is -2.23. The van der Waals surface area contributed by atoms with Crippen molar-refractivity contribution in [3.8, 4) is 0 Å². The molecule has 1 atom stereocenters. The van der Waals surface area contributed by atoms with Gasteiger partial charge in [-0.3, -0.25) is 14.4 Å². The number of esters is 2. The number of thioether (sulfide) groups is 1. The van der Waals surface area contributed by atoms with Crippen LogP contribution in [0.3, 0.4) is 0 Å². The fourth-order valence-electron chi connectivity index (χ4n) is 1.66. The van der Waals surface area contributed by atoms with Crippen LogP contribution in [0.2, 0.25) is 0 Å². The molecule has 0 N–H and O–H groups in total. The Morgan fingerprint density at radius 3 is 2.00 bits per heavy atom. The van der Waals surface area contributed by atoms with Crippen LogP contribution in [0.25, 0.3) is 0 Å². The van der Waals surface area contributed by atoms with Crippen LogP contribution in [-0.4, -0.2) is 55.3 Å². The highest BCUT2D eigenvalue weighted by molar-refractivity contribution is 8.00. The fraction of sp³-hybridized carbons (Fsp3) is 0.400. The van der Waals surface area contributed by atoms with Crippen molar-refractivity contribution in [3.63, 3.8) is 0 Å². The third-order valence-electron chi connectivity index (χ3n) is 2.81. The van der Waals surface area contributed by atoms with Gasteiger partial charge in [0.15, 0.2) is 0 Å². The van der Waals surface area contributed by atoms with E-state index in [0.717, 1.165) is 9.80 Å². The van der Waals surface area contributed by atoms with Gasteiger partial charge >= 0.3 is 11.9 Å². The summed E-state index contributed by atoms with van der Waals surface area (Å²) in [6.45, 7) is 1.15. The highest BCUT2D eigenvalue weighted by Gasteiger charge is 2.26. The number of nitrogens with zero attached hydrogens (tertiary/aromatic N) is 1. The Morgan fingerprint density at radius 2 is 1.55 bits per heavy atom. The lowest BCUT2D eigenvalue weighted by molar-refractivity contribution is -0.151. The van der Waals surface area contributed by atoms with Gasteiger partial charge in [-0.15, -0.1) is 11.8 Å². The zero-order chi connectivity index (χ0) is 16.5. The van der Waals surface area contributed by atoms with Crippen molar-refractivity contribution in [3.05, 3.63) is 30.3 Å². The molecule has 0 aliphatic rings. The molecule has 1 aromatic carbocycles. The molecule has 1 rings (SSSR count). The van der Waals surface area contributed by atoms with E-state index in [9.17, 15) is 14.4 Å². The van der Waals surface area contributed by atoms with Gasteiger partial charge in [0, 0.05) is 4.90 Å². The predicted molar refractivity (Wildman–Crippen MR) is 82.4 cm³/mol. The highest BCUT2D eigenvalue weighted by Crippen LogP contribution is 2.24. The molecule has 0 aliphatic carbocycles. The zero-order valence-corrected chi connectivity index (χ0v) is 13.6. The predicted octanol–water partition coefficient (Wildman–Crippen LogP) is 1.34. The summed E-state index contributed by atoms with van der Waals surface area (Å²) in [7, 11) is 2.45. The van der Waals surface area contributed by atoms with Gasteiger partial charge in [-0.2, -0.15) is 0 Å². The van der Waals surface area contributed by atoms with Gasteiger partial charge in [-0.1, -0.05) is 18.2 Å². The van der Waals surface area contributed by atoms with Crippen LogP contribution in [-0.2, 0) is 23.9 Å². The minimum absolute atomic E-state index is 0.288. The third kappa shape index (κ3) is 5.77. The first-order valence-corrected chi connectivity index (χ1v) is 7.50. The minimum Gasteiger partial charge on any atom is -0.468 e. The molecule has 0 radical (unpaired) electrons. The van der Waals surface area contributed by atoms with E-state index >= 15 is 0 Å². The number of ether oxygens (including phenoxy) is 2. The lowest BCUT2D eigenvalue weighted by atomic mass is 10.3. The number of carbonyl (C=O) groups is 3. The molecule has 6 nitrogen and oxygen atoms in total. The highest BCUT2D eigenvalue weighted by atomic mass is 32.2. The van der Waals surface area contributed by atoms with Crippen LogP contribution in [0.15, 0.2) is 35.2 Å². The van der Waals surface area contributed by atoms with Gasteiger partial charge in [0.25, 0.3) is 0 Å². The molecule has 0 heterocycles. The topological polar surface area (TPSA) is 72.9 Å². The summed E-state index contributed by atoms with van der Waals surface area (Å²) < 4.78 is 9.10. The third-order valence-corrected chi connectivity index (χ3v) is 3.91. The first-order chi connectivity index (χ1) is 10.5. The van der Waals surface area contributed by atoms with Crippen LogP contribution in [0.1, 0.15) is 6.92 Å². The summed E-state index contributed by atoms with van der Waals surface area (Å²) in [6, 6.07) is 9.41. The van der Waals surface area contributed by atoms with Crippen molar-refractivity contribution in [1.29, 1.82) is 0 Å². The largest absolute Gasteiger partial charge is 0.468 e. The Bertz CT molecular complexity index is 502. The molecule has 7 heteroatoms. The maximum atomic E-state index is 12.4. The maximum absolute atomic E-state index is 12.4. The smallest absolute Gasteiger partial charge is 0.325 e. The van der Waals surface area contributed by atoms with Crippen LogP contribution < -0.4 is 0 Å². The minimum atomic E-state index is -0.589. The van der Waals surface area contributed by atoms with Crippen molar-refractivity contribution < 1.29 is 23.9 Å². The van der Waals surface area contributed by atoms with E-state index < -0.39 is 17.2 Å². The van der Waals surface area contributed by atoms with Crippen molar-refractivity contribution in [2.75, 3.05) is 27.3 Å². The van der Waals surface area contributed by atoms with Crippen molar-refractivity contribution in [2.24, 2.45) is 0 Å². The normalized spacial score (nSPS) is 11.4. The van der Waals surface area contributed by atoms with Gasteiger partial charge in [0.05, 0.1) is 19.5 Å². The van der Waals surface area contributed by atoms with Crippen LogP contribution in [0.4, 0.5) is 0 Å². The van der Waals surface area contributed by atoms with Crippen LogP contribution in [0, 0.1) is 0 Å². The van der Waals surface area contributed by atoms with Gasteiger partial charge in [0.2, 0.25) is 5.91 Å². The monoisotopic (exact) mass is 325 g/mol. The van der Waals surface area contributed by atoms with E-state index in [1.54, 1.807) is 6.92 Å². The average Bonchev–Trinajstić information content (AvgIpc) is 2.53. The molecule has 1 aromatic rings. The van der Waals surface area contributed by atoms with E-state index in [1.807, 2.05) is 30.3 Å². The van der Waals surface area contributed by atoms with Crippen molar-refractivity contribution in [2.45, 2.75) is 17.1 Å². The summed E-state index contributed by atoms with van der Waals surface area (Å²) in [6.07, 6.45) is 0. The van der Waals surface area contributed by atoms with Gasteiger partial charge < -0.3 is 14.4 Å². The van der Waals surface area contributed by atoms with E-state index in [4.69, 9.17) is 0 Å². The van der Waals surface area contributed by atoms with Gasteiger partial charge in [0.1, 0.15) is 13.1 Å². The van der Waals surface area contributed by atoms with E-state index in [2.05, 4.69) is 9.47 Å². The van der Waals surface area contributed by atoms with Crippen LogP contribution >= 0.6 is 11.8 Å². The SMILES string of the molecule is COC(=O)CN(CC(=O)OC)C(=O)[C@@H](C)Sc1ccccc1. The summed E-state index contributed by atoms with van der Waals surface area (Å²) in [5.74, 6) is -1.51. The Kier molecular flexibility index (Phi) is 7.45. The van der Waals surface area contributed by atoms with Crippen molar-refractivity contribution in [1.82, 2.24) is 4.90 Å². The number of amides is 1. The van der Waals surface area contributed by atoms with Gasteiger partial charge in [-0.05, 0) is 19.1 Å². The molecule has 0 aromatic heterocycles. The molecule has 0 fully saturated rings. The van der Waals surface area contributed by atoms with E-state index in [1.165, 1.54) is 26.0 Å². The first-order valence-electron chi connectivity index (χ1n) is 6.62. The number of hydrogen-bond acceptors (Lipinski definition) is 6. The van der Waals surface area contributed by atoms with Crippen LogP contribution in [0.5, 0.6) is 0 Å². The Morgan fingerprint density at radius 1 is 1.05 bits per heavy atom. The second-order valence-electron chi connectivity index (χ2n) is 4.42. The standard InChI is InChI=1S/C15H19NO5S/c1-11(22-12-7-5-4-6-8-12)15(19)16(9-13(17)20-2)10-14(18)21-3/h4-8,11H,9-10H2,1-3H3/t11-/m1/s1. The molecular weight excluding hydrogens is 306 g/mol. The summed E-state index contributed by atoms with van der Waals surface area (Å²) in [5, 5.41) is -0.447. The fourth-order valence-corrected chi connectivity index (χ4v) is 2.64. The molecule has 0 saturated carbocycles. The molecule has 0 saturated heterocycles. The quantitative estimate of drug-likeness (QED) is 0.556. The second-order valence-corrected chi connectivity index (χ2v) is 5.83. The first kappa shape index (κ1) is 18.0. The molecule has 1 amide bonds. The average molecular weight is 325 g/mol. The maximum Gasteiger partial charge on any atom is 0.325 e. The molecule has 0 aliphatic heterocycles. The number of rotatable bonds is 7. The number of methoxy groups -OCH3 is 2. The summed E-state index contributed by atoms with van der Waals surface area (Å²) >= 11 is 1.35. The van der Waals surface area contributed by atoms with Crippen molar-refractivity contribution >= 4 is 29.6 Å². The number of benzene rings is 1. The Labute approximate surface area is 133 Å². The van der Waals surface area contributed by atoms with E-state index in [0.29, 0.717) is 0 Å². The zero-order valence-electron chi connectivity index (χ0n) is 12.8. The van der Waals surface area contributed by atoms with E-state index in [-0.39, 0.29) is 19.0 Å². The molecular formula is C15H19NO5S. The Balaban J connectivity index is 2.76. The van der Waals surface area contributed by atoms with Gasteiger partial charge in [-0.25, -0.2) is 0 Å². The molecule has 0 spiro atoms. The number of carbonyl (C=O) groups excluding carboxylic acids is 3. The lowest BCUT2D eigenvalue weighted by Crippen LogP contribution is -2.43. The Hall–Kier alpha value is -2.02. The number of hydrogen-bond donors (Lipinski definition) is 0. The summed E-state index contributed by atoms with van der Waals surface area (Å²) in [5.41, 5.74) is 0. The molecule has 22 heavy (non-hydrogen) atoms.